The summed E-state index contributed by atoms with van der Waals surface area (Å²) < 4.78 is 0. The predicted molar refractivity (Wildman–Crippen MR) is 84.0 cm³/mol. The number of nitrogens with one attached hydrogen (secondary N) is 1. The van der Waals surface area contributed by atoms with Crippen LogP contribution in [0.5, 0.6) is 0 Å². The first-order valence-corrected chi connectivity index (χ1v) is 7.37. The van der Waals surface area contributed by atoms with Crippen LogP contribution in [0.3, 0.4) is 0 Å². The second-order valence-electron chi connectivity index (χ2n) is 7.08. The highest BCUT2D eigenvalue weighted by Crippen LogP contribution is 2.42. The van der Waals surface area contributed by atoms with Crippen molar-refractivity contribution in [2.75, 3.05) is 19.4 Å². The molecule has 1 fully saturated rings. The van der Waals surface area contributed by atoms with E-state index < -0.39 is 0 Å². The quantitative estimate of drug-likeness (QED) is 0.913. The molecule has 0 spiro atoms. The van der Waals surface area contributed by atoms with Gasteiger partial charge < -0.3 is 10.2 Å². The Bertz CT molecular complexity index is 476. The van der Waals surface area contributed by atoms with E-state index in [4.69, 9.17) is 0 Å². The van der Waals surface area contributed by atoms with E-state index in [2.05, 4.69) is 26.1 Å². The van der Waals surface area contributed by atoms with Crippen molar-refractivity contribution in [1.29, 1.82) is 0 Å². The fourth-order valence-corrected chi connectivity index (χ4v) is 3.27. The van der Waals surface area contributed by atoms with Crippen molar-refractivity contribution >= 4 is 11.6 Å². The maximum atomic E-state index is 11.8. The van der Waals surface area contributed by atoms with E-state index >= 15 is 0 Å². The minimum Gasteiger partial charge on any atom is -0.382 e. The van der Waals surface area contributed by atoms with Crippen LogP contribution in [-0.4, -0.2) is 30.9 Å². The number of carbonyl (C=O) groups is 1. The molecule has 0 aromatic heterocycles. The first kappa shape index (κ1) is 14.9. The van der Waals surface area contributed by atoms with Crippen LogP contribution in [-0.2, 0) is 0 Å². The van der Waals surface area contributed by atoms with E-state index in [1.165, 1.54) is 12.8 Å². The van der Waals surface area contributed by atoms with Gasteiger partial charge in [0.25, 0.3) is 5.91 Å². The van der Waals surface area contributed by atoms with Gasteiger partial charge in [-0.05, 0) is 48.4 Å². The topological polar surface area (TPSA) is 32.3 Å². The van der Waals surface area contributed by atoms with Crippen LogP contribution in [0.25, 0.3) is 0 Å². The number of rotatable bonds is 3. The van der Waals surface area contributed by atoms with Gasteiger partial charge in [0, 0.05) is 31.4 Å². The van der Waals surface area contributed by atoms with Crippen molar-refractivity contribution in [3.8, 4) is 0 Å². The highest BCUT2D eigenvalue weighted by molar-refractivity contribution is 5.94. The molecule has 20 heavy (non-hydrogen) atoms. The summed E-state index contributed by atoms with van der Waals surface area (Å²) in [4.78, 5) is 13.4. The second-order valence-corrected chi connectivity index (χ2v) is 7.08. The van der Waals surface area contributed by atoms with E-state index in [0.717, 1.165) is 11.3 Å². The maximum absolute atomic E-state index is 11.8. The predicted octanol–water partition coefficient (Wildman–Crippen LogP) is 3.63. The highest BCUT2D eigenvalue weighted by atomic mass is 16.2. The molecule has 0 radical (unpaired) electrons. The van der Waals surface area contributed by atoms with Gasteiger partial charge in [-0.1, -0.05) is 20.8 Å². The molecule has 1 amide bonds. The largest absolute Gasteiger partial charge is 0.382 e. The number of benzene rings is 1. The Kier molecular flexibility index (Phi) is 4.07. The van der Waals surface area contributed by atoms with Gasteiger partial charge in [0.1, 0.15) is 0 Å². The van der Waals surface area contributed by atoms with Gasteiger partial charge in [0.15, 0.2) is 0 Å². The van der Waals surface area contributed by atoms with Crippen LogP contribution in [0.4, 0.5) is 5.69 Å². The average molecular weight is 274 g/mol. The lowest BCUT2D eigenvalue weighted by atomic mass is 9.91. The van der Waals surface area contributed by atoms with Gasteiger partial charge >= 0.3 is 0 Å². The van der Waals surface area contributed by atoms with E-state index in [1.807, 2.05) is 24.3 Å². The Morgan fingerprint density at radius 2 is 1.80 bits per heavy atom. The minimum atomic E-state index is 0.0481. The second kappa shape index (κ2) is 5.47. The van der Waals surface area contributed by atoms with Crippen molar-refractivity contribution < 1.29 is 4.79 Å². The van der Waals surface area contributed by atoms with Crippen LogP contribution in [0.2, 0.25) is 0 Å². The van der Waals surface area contributed by atoms with Crippen LogP contribution >= 0.6 is 0 Å². The Morgan fingerprint density at radius 3 is 2.25 bits per heavy atom. The molecule has 2 atom stereocenters. The Balaban J connectivity index is 2.03. The monoisotopic (exact) mass is 274 g/mol. The van der Waals surface area contributed by atoms with Crippen molar-refractivity contribution in [3.63, 3.8) is 0 Å². The number of hydrogen-bond donors (Lipinski definition) is 1. The Labute approximate surface area is 122 Å². The number of anilines is 1. The number of carbonyl (C=O) groups excluding carboxylic acids is 1. The van der Waals surface area contributed by atoms with Gasteiger partial charge in [0.05, 0.1) is 0 Å². The van der Waals surface area contributed by atoms with Crippen molar-refractivity contribution in [3.05, 3.63) is 29.8 Å². The van der Waals surface area contributed by atoms with E-state index in [1.54, 1.807) is 19.0 Å². The van der Waals surface area contributed by atoms with Gasteiger partial charge in [-0.25, -0.2) is 0 Å². The van der Waals surface area contributed by atoms with Crippen LogP contribution in [0.15, 0.2) is 24.3 Å². The van der Waals surface area contributed by atoms with Gasteiger partial charge in [-0.3, -0.25) is 4.79 Å². The molecule has 0 aliphatic heterocycles. The lowest BCUT2D eigenvalue weighted by molar-refractivity contribution is 0.0827. The third-order valence-electron chi connectivity index (χ3n) is 4.22. The summed E-state index contributed by atoms with van der Waals surface area (Å²) >= 11 is 0. The van der Waals surface area contributed by atoms with Gasteiger partial charge in [-0.15, -0.1) is 0 Å². The number of nitrogens with zero attached hydrogens (tertiary/aromatic N) is 1. The third-order valence-corrected chi connectivity index (χ3v) is 4.22. The molecule has 0 bridgehead atoms. The van der Waals surface area contributed by atoms with E-state index in [-0.39, 0.29) is 5.91 Å². The number of hydrogen-bond acceptors (Lipinski definition) is 2. The zero-order chi connectivity index (χ0) is 14.9. The lowest BCUT2D eigenvalue weighted by Gasteiger charge is -2.20. The average Bonchev–Trinajstić information content (AvgIpc) is 2.62. The summed E-state index contributed by atoms with van der Waals surface area (Å²) in [5.41, 5.74) is 2.27. The summed E-state index contributed by atoms with van der Waals surface area (Å²) in [6.07, 6.45) is 2.47. The number of amides is 1. The summed E-state index contributed by atoms with van der Waals surface area (Å²) in [5, 5.41) is 3.62. The summed E-state index contributed by atoms with van der Waals surface area (Å²) in [6, 6.07) is 8.34. The lowest BCUT2D eigenvalue weighted by Crippen LogP contribution is -2.23. The molecule has 3 nitrogen and oxygen atoms in total. The molecule has 1 N–H and O–H groups in total. The summed E-state index contributed by atoms with van der Waals surface area (Å²) in [6.45, 7) is 6.99. The smallest absolute Gasteiger partial charge is 0.253 e. The molecule has 0 heterocycles. The molecular weight excluding hydrogens is 248 g/mol. The van der Waals surface area contributed by atoms with Crippen LogP contribution in [0.1, 0.15) is 44.0 Å². The van der Waals surface area contributed by atoms with E-state index in [0.29, 0.717) is 17.4 Å². The molecule has 1 aromatic rings. The Hall–Kier alpha value is -1.51. The maximum Gasteiger partial charge on any atom is 0.253 e. The first-order chi connectivity index (χ1) is 9.28. The van der Waals surface area contributed by atoms with Gasteiger partial charge in [0.2, 0.25) is 0 Å². The molecule has 1 aliphatic rings. The molecule has 110 valence electrons. The van der Waals surface area contributed by atoms with E-state index in [9.17, 15) is 4.79 Å². The fourth-order valence-electron chi connectivity index (χ4n) is 3.27. The first-order valence-electron chi connectivity index (χ1n) is 7.37. The van der Waals surface area contributed by atoms with Gasteiger partial charge in [-0.2, -0.15) is 0 Å². The minimum absolute atomic E-state index is 0.0481. The molecule has 3 heteroatoms. The molecule has 2 rings (SSSR count). The normalized spacial score (nSPS) is 24.4. The molecule has 1 saturated carbocycles. The zero-order valence-electron chi connectivity index (χ0n) is 13.2. The molecule has 1 aliphatic carbocycles. The SMILES string of the molecule is CC1CC(C)(C)CC1Nc1ccc(C(=O)N(C)C)cc1. The Morgan fingerprint density at radius 1 is 1.20 bits per heavy atom. The third kappa shape index (κ3) is 3.33. The fraction of sp³-hybridized carbons (Fsp3) is 0.588. The standard InChI is InChI=1S/C17H26N2O/c1-12-10-17(2,3)11-15(12)18-14-8-6-13(7-9-14)16(20)19(4)5/h6-9,12,15,18H,10-11H2,1-5H3. The summed E-state index contributed by atoms with van der Waals surface area (Å²) in [7, 11) is 3.55. The van der Waals surface area contributed by atoms with Crippen molar-refractivity contribution in [2.24, 2.45) is 11.3 Å². The molecule has 2 unspecified atom stereocenters. The van der Waals surface area contributed by atoms with Crippen molar-refractivity contribution in [1.82, 2.24) is 4.90 Å². The van der Waals surface area contributed by atoms with Crippen LogP contribution in [0, 0.1) is 11.3 Å². The van der Waals surface area contributed by atoms with Crippen molar-refractivity contribution in [2.45, 2.75) is 39.7 Å². The summed E-state index contributed by atoms with van der Waals surface area (Å²) in [5.74, 6) is 0.736. The molecule has 1 aromatic carbocycles. The highest BCUT2D eigenvalue weighted by Gasteiger charge is 2.36. The molecular formula is C17H26N2O. The zero-order valence-corrected chi connectivity index (χ0v) is 13.2. The molecule has 0 saturated heterocycles. The van der Waals surface area contributed by atoms with Crippen LogP contribution < -0.4 is 5.32 Å².